The molecule has 1 amide bonds. The van der Waals surface area contributed by atoms with Crippen LogP contribution in [0.4, 0.5) is 8.78 Å². The van der Waals surface area contributed by atoms with Crippen molar-refractivity contribution >= 4 is 17.7 Å². The van der Waals surface area contributed by atoms with Gasteiger partial charge in [0.05, 0.1) is 6.54 Å². The van der Waals surface area contributed by atoms with Crippen LogP contribution in [0.3, 0.4) is 0 Å². The summed E-state index contributed by atoms with van der Waals surface area (Å²) < 4.78 is 26.4. The van der Waals surface area contributed by atoms with Gasteiger partial charge in [-0.25, -0.2) is 8.78 Å². The molecule has 1 saturated heterocycles. The van der Waals surface area contributed by atoms with Crippen LogP contribution in [0.2, 0.25) is 0 Å². The minimum absolute atomic E-state index is 0.202. The average Bonchev–Trinajstić information content (AvgIpc) is 2.32. The largest absolute Gasteiger partial charge is 0.369 e. The van der Waals surface area contributed by atoms with Crippen LogP contribution in [0, 0.1) is 11.6 Å². The number of nitrogens with two attached hydrogens (primary N) is 1. The second-order valence-electron chi connectivity index (χ2n) is 4.66. The van der Waals surface area contributed by atoms with Crippen LogP contribution in [-0.4, -0.2) is 35.7 Å². The number of hydrogen-bond donors (Lipinski definition) is 1. The number of thioether (sulfide) groups is 1. The Labute approximate surface area is 115 Å². The molecule has 0 unspecified atom stereocenters. The van der Waals surface area contributed by atoms with Crippen LogP contribution in [-0.2, 0) is 4.79 Å². The van der Waals surface area contributed by atoms with E-state index >= 15 is 0 Å². The SMILES string of the molecule is NC(=O)CN1CCC[C@@H](Sc2ccc(F)cc2F)C1. The molecule has 19 heavy (non-hydrogen) atoms. The lowest BCUT2D eigenvalue weighted by atomic mass is 10.1. The van der Waals surface area contributed by atoms with Gasteiger partial charge in [0.2, 0.25) is 5.91 Å². The number of likely N-dealkylation sites (tertiary alicyclic amines) is 1. The summed E-state index contributed by atoms with van der Waals surface area (Å²) in [5.41, 5.74) is 5.17. The molecule has 0 bridgehead atoms. The highest BCUT2D eigenvalue weighted by atomic mass is 32.2. The second-order valence-corrected chi connectivity index (χ2v) is 6.00. The van der Waals surface area contributed by atoms with Crippen molar-refractivity contribution in [3.63, 3.8) is 0 Å². The molecule has 1 heterocycles. The Bertz CT molecular complexity index is 470. The minimum atomic E-state index is -0.569. The number of benzene rings is 1. The van der Waals surface area contributed by atoms with Gasteiger partial charge in [-0.2, -0.15) is 0 Å². The summed E-state index contributed by atoms with van der Waals surface area (Å²) in [6.07, 6.45) is 1.91. The zero-order valence-electron chi connectivity index (χ0n) is 10.4. The Morgan fingerprint density at radius 1 is 1.47 bits per heavy atom. The molecule has 1 aliphatic rings. The fraction of sp³-hybridized carbons (Fsp3) is 0.462. The Morgan fingerprint density at radius 2 is 2.26 bits per heavy atom. The topological polar surface area (TPSA) is 46.3 Å². The standard InChI is InChI=1S/C13H16F2N2OS/c14-9-3-4-12(11(15)6-9)19-10-2-1-5-17(7-10)8-13(16)18/h3-4,6,10H,1-2,5,7-8H2,(H2,16,18)/t10-/m1/s1. The molecule has 1 aromatic carbocycles. The highest BCUT2D eigenvalue weighted by Gasteiger charge is 2.22. The highest BCUT2D eigenvalue weighted by molar-refractivity contribution is 8.00. The lowest BCUT2D eigenvalue weighted by Gasteiger charge is -2.31. The third kappa shape index (κ3) is 4.18. The van der Waals surface area contributed by atoms with Gasteiger partial charge in [-0.3, -0.25) is 9.69 Å². The van der Waals surface area contributed by atoms with Gasteiger partial charge in [-0.1, -0.05) is 0 Å². The first-order valence-electron chi connectivity index (χ1n) is 6.17. The molecule has 104 valence electrons. The normalized spacial score (nSPS) is 20.4. The molecule has 2 N–H and O–H groups in total. The first-order chi connectivity index (χ1) is 9.04. The lowest BCUT2D eigenvalue weighted by Crippen LogP contribution is -2.41. The second kappa shape index (κ2) is 6.34. The van der Waals surface area contributed by atoms with E-state index in [0.29, 0.717) is 11.4 Å². The summed E-state index contributed by atoms with van der Waals surface area (Å²) >= 11 is 1.40. The maximum atomic E-state index is 13.6. The van der Waals surface area contributed by atoms with E-state index in [0.717, 1.165) is 25.5 Å². The first kappa shape index (κ1) is 14.3. The van der Waals surface area contributed by atoms with Crippen LogP contribution in [0.25, 0.3) is 0 Å². The number of carbonyl (C=O) groups excluding carboxylic acids is 1. The summed E-state index contributed by atoms with van der Waals surface area (Å²) in [6.45, 7) is 1.78. The number of amides is 1. The molecule has 0 aromatic heterocycles. The van der Waals surface area contributed by atoms with E-state index < -0.39 is 11.6 Å². The molecule has 0 saturated carbocycles. The summed E-state index contributed by atoms with van der Waals surface area (Å²) in [7, 11) is 0. The summed E-state index contributed by atoms with van der Waals surface area (Å²) in [5, 5.41) is 0.202. The van der Waals surface area contributed by atoms with Crippen LogP contribution < -0.4 is 5.73 Å². The monoisotopic (exact) mass is 286 g/mol. The van der Waals surface area contributed by atoms with E-state index in [1.807, 2.05) is 4.90 Å². The van der Waals surface area contributed by atoms with Crippen molar-refractivity contribution in [2.45, 2.75) is 23.0 Å². The van der Waals surface area contributed by atoms with Crippen LogP contribution in [0.5, 0.6) is 0 Å². The zero-order valence-corrected chi connectivity index (χ0v) is 11.3. The van der Waals surface area contributed by atoms with E-state index in [1.54, 1.807) is 0 Å². The van der Waals surface area contributed by atoms with Crippen molar-refractivity contribution in [2.75, 3.05) is 19.6 Å². The number of rotatable bonds is 4. The molecular weight excluding hydrogens is 270 g/mol. The molecular formula is C13H16F2N2OS. The van der Waals surface area contributed by atoms with Gasteiger partial charge in [-0.05, 0) is 31.5 Å². The number of primary amides is 1. The zero-order chi connectivity index (χ0) is 13.8. The lowest BCUT2D eigenvalue weighted by molar-refractivity contribution is -0.119. The van der Waals surface area contributed by atoms with Gasteiger partial charge in [0.25, 0.3) is 0 Å². The van der Waals surface area contributed by atoms with Gasteiger partial charge in [-0.15, -0.1) is 11.8 Å². The minimum Gasteiger partial charge on any atom is -0.369 e. The van der Waals surface area contributed by atoms with Crippen molar-refractivity contribution in [1.82, 2.24) is 4.90 Å². The Balaban J connectivity index is 1.96. The Morgan fingerprint density at radius 3 is 2.95 bits per heavy atom. The van der Waals surface area contributed by atoms with Crippen molar-refractivity contribution < 1.29 is 13.6 Å². The first-order valence-corrected chi connectivity index (χ1v) is 7.05. The molecule has 3 nitrogen and oxygen atoms in total. The third-order valence-electron chi connectivity index (χ3n) is 3.03. The van der Waals surface area contributed by atoms with Crippen molar-refractivity contribution in [2.24, 2.45) is 5.73 Å². The summed E-state index contributed by atoms with van der Waals surface area (Å²) in [4.78, 5) is 13.3. The van der Waals surface area contributed by atoms with Crippen molar-refractivity contribution in [1.29, 1.82) is 0 Å². The fourth-order valence-corrected chi connectivity index (χ4v) is 3.47. The summed E-state index contributed by atoms with van der Waals surface area (Å²) in [6, 6.07) is 3.62. The Hall–Kier alpha value is -1.14. The van der Waals surface area contributed by atoms with Crippen LogP contribution >= 0.6 is 11.8 Å². The molecule has 0 spiro atoms. The van der Waals surface area contributed by atoms with Gasteiger partial charge < -0.3 is 5.73 Å². The van der Waals surface area contributed by atoms with E-state index in [9.17, 15) is 13.6 Å². The fourth-order valence-electron chi connectivity index (χ4n) is 2.22. The quantitative estimate of drug-likeness (QED) is 0.921. The molecule has 0 radical (unpaired) electrons. The van der Waals surface area contributed by atoms with Crippen LogP contribution in [0.15, 0.2) is 23.1 Å². The number of halogens is 2. The highest BCUT2D eigenvalue weighted by Crippen LogP contribution is 2.31. The van der Waals surface area contributed by atoms with Crippen LogP contribution in [0.1, 0.15) is 12.8 Å². The van der Waals surface area contributed by atoms with E-state index in [2.05, 4.69) is 0 Å². The van der Waals surface area contributed by atoms with Crippen molar-refractivity contribution in [3.05, 3.63) is 29.8 Å². The van der Waals surface area contributed by atoms with E-state index in [1.165, 1.54) is 23.9 Å². The van der Waals surface area contributed by atoms with Gasteiger partial charge in [0.15, 0.2) is 0 Å². The average molecular weight is 286 g/mol. The number of hydrogen-bond acceptors (Lipinski definition) is 3. The molecule has 6 heteroatoms. The molecule has 1 aromatic rings. The predicted molar refractivity (Wildman–Crippen MR) is 70.9 cm³/mol. The number of piperidine rings is 1. The molecule has 2 rings (SSSR count). The van der Waals surface area contributed by atoms with Gasteiger partial charge in [0.1, 0.15) is 11.6 Å². The predicted octanol–water partition coefficient (Wildman–Crippen LogP) is 2.01. The number of carbonyl (C=O) groups is 1. The molecule has 0 aliphatic carbocycles. The summed E-state index contributed by atoms with van der Waals surface area (Å²) in [5.74, 6) is -1.45. The maximum absolute atomic E-state index is 13.6. The van der Waals surface area contributed by atoms with Crippen molar-refractivity contribution in [3.8, 4) is 0 Å². The van der Waals surface area contributed by atoms with E-state index in [4.69, 9.17) is 5.73 Å². The van der Waals surface area contributed by atoms with Gasteiger partial charge >= 0.3 is 0 Å². The van der Waals surface area contributed by atoms with Gasteiger partial charge in [0, 0.05) is 22.8 Å². The Kier molecular flexibility index (Phi) is 4.76. The molecule has 1 atom stereocenters. The number of nitrogens with zero attached hydrogens (tertiary/aromatic N) is 1. The molecule has 1 aliphatic heterocycles. The maximum Gasteiger partial charge on any atom is 0.231 e. The third-order valence-corrected chi connectivity index (χ3v) is 4.33. The smallest absolute Gasteiger partial charge is 0.231 e. The van der Waals surface area contributed by atoms with E-state index in [-0.39, 0.29) is 17.7 Å². The molecule has 1 fully saturated rings.